The molecule has 196 valence electrons. The molecule has 0 spiro atoms. The summed E-state index contributed by atoms with van der Waals surface area (Å²) < 4.78 is 39.6. The van der Waals surface area contributed by atoms with E-state index in [-0.39, 0.29) is 18.7 Å². The maximum atomic E-state index is 13.8. The van der Waals surface area contributed by atoms with Crippen molar-refractivity contribution in [2.24, 2.45) is 0 Å². The van der Waals surface area contributed by atoms with Crippen molar-refractivity contribution in [3.05, 3.63) is 99.8 Å². The van der Waals surface area contributed by atoms with Gasteiger partial charge in [0.1, 0.15) is 18.4 Å². The lowest BCUT2D eigenvalue weighted by molar-refractivity contribution is -0.139. The van der Waals surface area contributed by atoms with Crippen molar-refractivity contribution < 1.29 is 22.4 Å². The van der Waals surface area contributed by atoms with Gasteiger partial charge in [-0.1, -0.05) is 59.6 Å². The van der Waals surface area contributed by atoms with Gasteiger partial charge in [0.15, 0.2) is 0 Å². The summed E-state index contributed by atoms with van der Waals surface area (Å²) in [6, 6.07) is 17.7. The van der Waals surface area contributed by atoms with Crippen molar-refractivity contribution >= 4 is 50.7 Å². The molecular formula is C26H26Cl2FN3O4S. The first-order valence-corrected chi connectivity index (χ1v) is 13.8. The maximum Gasteiger partial charge on any atom is 0.244 e. The number of nitrogens with zero attached hydrogens (tertiary/aromatic N) is 2. The third-order valence-electron chi connectivity index (χ3n) is 5.70. The fourth-order valence-electron chi connectivity index (χ4n) is 3.80. The molecule has 0 aliphatic carbocycles. The first-order valence-electron chi connectivity index (χ1n) is 11.2. The van der Waals surface area contributed by atoms with E-state index in [9.17, 15) is 22.4 Å². The van der Waals surface area contributed by atoms with Crippen molar-refractivity contribution in [1.29, 1.82) is 0 Å². The Morgan fingerprint density at radius 3 is 2.08 bits per heavy atom. The second kappa shape index (κ2) is 12.4. The Morgan fingerprint density at radius 2 is 1.54 bits per heavy atom. The third kappa shape index (κ3) is 7.44. The second-order valence-electron chi connectivity index (χ2n) is 8.29. The Kier molecular flexibility index (Phi) is 9.53. The van der Waals surface area contributed by atoms with E-state index in [1.807, 2.05) is 30.3 Å². The van der Waals surface area contributed by atoms with Gasteiger partial charge < -0.3 is 10.2 Å². The van der Waals surface area contributed by atoms with Crippen LogP contribution in [0.5, 0.6) is 0 Å². The molecular weight excluding hydrogens is 540 g/mol. The molecule has 0 radical (unpaired) electrons. The lowest BCUT2D eigenvalue weighted by atomic mass is 10.0. The zero-order chi connectivity index (χ0) is 27.2. The van der Waals surface area contributed by atoms with Gasteiger partial charge in [0, 0.05) is 35.6 Å². The molecule has 3 aromatic rings. The predicted octanol–water partition coefficient (Wildman–Crippen LogP) is 4.28. The number of nitrogens with one attached hydrogen (secondary N) is 1. The molecule has 1 N–H and O–H groups in total. The molecule has 0 saturated carbocycles. The van der Waals surface area contributed by atoms with E-state index in [1.165, 1.54) is 24.1 Å². The molecule has 0 bridgehead atoms. The molecule has 3 aromatic carbocycles. The third-order valence-corrected chi connectivity index (χ3v) is 7.55. The van der Waals surface area contributed by atoms with E-state index >= 15 is 0 Å². The highest BCUT2D eigenvalue weighted by Gasteiger charge is 2.33. The Labute approximate surface area is 225 Å². The number of likely N-dealkylation sites (N-methyl/N-ethyl adjacent to an activating group) is 1. The molecule has 0 aliphatic rings. The topological polar surface area (TPSA) is 86.8 Å². The van der Waals surface area contributed by atoms with Crippen LogP contribution in [0, 0.1) is 5.82 Å². The largest absolute Gasteiger partial charge is 0.357 e. The van der Waals surface area contributed by atoms with Gasteiger partial charge in [-0.3, -0.25) is 13.9 Å². The Hall–Kier alpha value is -3.14. The predicted molar refractivity (Wildman–Crippen MR) is 144 cm³/mol. The minimum absolute atomic E-state index is 0.104. The first kappa shape index (κ1) is 28.4. The first-order chi connectivity index (χ1) is 17.5. The molecule has 1 atom stereocenters. The fourth-order valence-corrected chi connectivity index (χ4v) is 5.16. The fraction of sp³-hybridized carbons (Fsp3) is 0.231. The van der Waals surface area contributed by atoms with Gasteiger partial charge in [0.2, 0.25) is 21.8 Å². The number of sulfonamides is 1. The minimum Gasteiger partial charge on any atom is -0.357 e. The minimum atomic E-state index is -3.95. The quantitative estimate of drug-likeness (QED) is 0.397. The van der Waals surface area contributed by atoms with E-state index in [0.29, 0.717) is 15.6 Å². The van der Waals surface area contributed by atoms with Gasteiger partial charge in [0.25, 0.3) is 0 Å². The van der Waals surface area contributed by atoms with Crippen LogP contribution in [0.2, 0.25) is 10.0 Å². The van der Waals surface area contributed by atoms with Crippen molar-refractivity contribution in [2.45, 2.75) is 19.0 Å². The summed E-state index contributed by atoms with van der Waals surface area (Å²) in [6.07, 6.45) is 1.10. The average molecular weight is 566 g/mol. The molecule has 2 amide bonds. The molecule has 37 heavy (non-hydrogen) atoms. The van der Waals surface area contributed by atoms with Crippen LogP contribution in [0.15, 0.2) is 72.8 Å². The van der Waals surface area contributed by atoms with Gasteiger partial charge >= 0.3 is 0 Å². The number of hydrogen-bond donors (Lipinski definition) is 1. The maximum absolute atomic E-state index is 13.8. The number of carbonyl (C=O) groups is 2. The van der Waals surface area contributed by atoms with Crippen LogP contribution in [0.3, 0.4) is 0 Å². The van der Waals surface area contributed by atoms with E-state index in [0.717, 1.165) is 28.3 Å². The highest BCUT2D eigenvalue weighted by Crippen LogP contribution is 2.28. The number of rotatable bonds is 10. The van der Waals surface area contributed by atoms with E-state index in [1.54, 1.807) is 18.2 Å². The molecule has 0 aromatic heterocycles. The van der Waals surface area contributed by atoms with Crippen LogP contribution in [0.25, 0.3) is 0 Å². The Bertz CT molecular complexity index is 1340. The van der Waals surface area contributed by atoms with Crippen LogP contribution >= 0.6 is 23.2 Å². The van der Waals surface area contributed by atoms with Crippen LogP contribution in [0.4, 0.5) is 10.1 Å². The lowest BCUT2D eigenvalue weighted by Gasteiger charge is -2.33. The van der Waals surface area contributed by atoms with Crippen molar-refractivity contribution in [3.63, 3.8) is 0 Å². The molecule has 7 nitrogen and oxygen atoms in total. The van der Waals surface area contributed by atoms with Crippen LogP contribution < -0.4 is 9.62 Å². The van der Waals surface area contributed by atoms with Crippen LogP contribution in [0.1, 0.15) is 11.1 Å². The Balaban J connectivity index is 2.06. The summed E-state index contributed by atoms with van der Waals surface area (Å²) in [7, 11) is -2.50. The van der Waals surface area contributed by atoms with Crippen LogP contribution in [-0.2, 0) is 32.6 Å². The second-order valence-corrected chi connectivity index (χ2v) is 11.0. The van der Waals surface area contributed by atoms with E-state index < -0.39 is 40.2 Å². The highest BCUT2D eigenvalue weighted by molar-refractivity contribution is 7.92. The standard InChI is InChI=1S/C26H26Cl2FN3O4S/c1-30-26(34)24(15-18-7-4-3-5-8-18)31(16-21-22(27)9-6-10-23(21)28)25(33)17-32(37(2,35)36)20-13-11-19(29)12-14-20/h3-14,24H,15-17H2,1-2H3,(H,30,34). The summed E-state index contributed by atoms with van der Waals surface area (Å²) in [5.41, 5.74) is 1.30. The highest BCUT2D eigenvalue weighted by atomic mass is 35.5. The number of carbonyl (C=O) groups excluding carboxylic acids is 2. The van der Waals surface area contributed by atoms with E-state index in [2.05, 4.69) is 5.32 Å². The number of anilines is 1. The summed E-state index contributed by atoms with van der Waals surface area (Å²) in [5.74, 6) is -1.68. The summed E-state index contributed by atoms with van der Waals surface area (Å²) in [5, 5.41) is 3.17. The van der Waals surface area contributed by atoms with Gasteiger partial charge in [-0.25, -0.2) is 12.8 Å². The van der Waals surface area contributed by atoms with Gasteiger partial charge in [-0.05, 0) is 42.0 Å². The molecule has 11 heteroatoms. The number of amides is 2. The molecule has 0 heterocycles. The summed E-state index contributed by atoms with van der Waals surface area (Å²) in [6.45, 7) is -0.780. The van der Waals surface area contributed by atoms with Crippen molar-refractivity contribution in [2.75, 3.05) is 24.2 Å². The number of benzene rings is 3. The van der Waals surface area contributed by atoms with Crippen molar-refractivity contribution in [1.82, 2.24) is 10.2 Å². The molecule has 0 aliphatic heterocycles. The summed E-state index contributed by atoms with van der Waals surface area (Å²) >= 11 is 12.8. The van der Waals surface area contributed by atoms with Crippen molar-refractivity contribution in [3.8, 4) is 0 Å². The number of halogens is 3. The lowest BCUT2D eigenvalue weighted by Crippen LogP contribution is -2.53. The molecule has 0 fully saturated rings. The monoisotopic (exact) mass is 565 g/mol. The van der Waals surface area contributed by atoms with Gasteiger partial charge in [0.05, 0.1) is 11.9 Å². The van der Waals surface area contributed by atoms with Gasteiger partial charge in [-0.2, -0.15) is 0 Å². The Morgan fingerprint density at radius 1 is 0.946 bits per heavy atom. The normalized spacial score (nSPS) is 12.0. The summed E-state index contributed by atoms with van der Waals surface area (Å²) in [4.78, 5) is 28.1. The molecule has 1 unspecified atom stereocenters. The zero-order valence-corrected chi connectivity index (χ0v) is 22.5. The van der Waals surface area contributed by atoms with E-state index in [4.69, 9.17) is 23.2 Å². The zero-order valence-electron chi connectivity index (χ0n) is 20.2. The molecule has 0 saturated heterocycles. The average Bonchev–Trinajstić information content (AvgIpc) is 2.86. The SMILES string of the molecule is CNC(=O)C(Cc1ccccc1)N(Cc1c(Cl)cccc1Cl)C(=O)CN(c1ccc(F)cc1)S(C)(=O)=O. The smallest absolute Gasteiger partial charge is 0.244 e. The van der Waals surface area contributed by atoms with Crippen LogP contribution in [-0.4, -0.2) is 51.0 Å². The van der Waals surface area contributed by atoms with Gasteiger partial charge in [-0.15, -0.1) is 0 Å². The number of hydrogen-bond acceptors (Lipinski definition) is 4. The molecule has 3 rings (SSSR count).